The van der Waals surface area contributed by atoms with Gasteiger partial charge in [-0.3, -0.25) is 38.4 Å². The summed E-state index contributed by atoms with van der Waals surface area (Å²) >= 11 is 1.43. The fraction of sp³-hybridized carbons (Fsp3) is 0.556. The van der Waals surface area contributed by atoms with Gasteiger partial charge in [-0.25, -0.2) is 0 Å². The Bertz CT molecular complexity index is 1840. The van der Waals surface area contributed by atoms with Crippen molar-refractivity contribution in [2.24, 2.45) is 23.5 Å². The zero-order chi connectivity index (χ0) is 47.9. The minimum Gasteiger partial charge on any atom is -0.480 e. The molecule has 0 radical (unpaired) electrons. The first kappa shape index (κ1) is 54.6. The van der Waals surface area contributed by atoms with E-state index in [1.165, 1.54) is 11.8 Å². The summed E-state index contributed by atoms with van der Waals surface area (Å²) in [4.78, 5) is 106. The number of rotatable bonds is 28. The summed E-state index contributed by atoms with van der Waals surface area (Å²) in [5, 5.41) is 36.9. The smallest absolute Gasteiger partial charge is 0.322 e. The first-order valence-corrected chi connectivity index (χ1v) is 22.9. The third-order valence-electron chi connectivity index (χ3n) is 9.95. The second-order valence-electron chi connectivity index (χ2n) is 16.9. The lowest BCUT2D eigenvalue weighted by Gasteiger charge is -2.29. The monoisotopic (exact) mass is 912 g/mol. The Morgan fingerprint density at radius 2 is 1.00 bits per heavy atom. The number of aliphatic hydroxyl groups excluding tert-OH is 1. The predicted octanol–water partition coefficient (Wildman–Crippen LogP) is 0.402. The molecule has 0 aromatic heterocycles. The normalized spacial score (nSPS) is 14.5. The van der Waals surface area contributed by atoms with Crippen LogP contribution in [0.2, 0.25) is 0 Å². The summed E-state index contributed by atoms with van der Waals surface area (Å²) in [5.74, 6) is -6.54. The predicted molar refractivity (Wildman–Crippen MR) is 244 cm³/mol. The molecule has 0 aliphatic heterocycles. The Balaban J connectivity index is 2.33. The van der Waals surface area contributed by atoms with Crippen molar-refractivity contribution in [2.75, 3.05) is 25.2 Å². The third kappa shape index (κ3) is 19.9. The number of hydrogen-bond acceptors (Lipinski definition) is 11. The minimum atomic E-state index is -1.51. The first-order valence-electron chi connectivity index (χ1n) is 21.5. The Morgan fingerprint density at radius 1 is 0.562 bits per heavy atom. The number of carbonyl (C=O) groups is 8. The molecule has 354 valence electrons. The fourth-order valence-electron chi connectivity index (χ4n) is 6.56. The van der Waals surface area contributed by atoms with Crippen LogP contribution in [0.4, 0.5) is 0 Å². The molecule has 18 nitrogen and oxygen atoms in total. The van der Waals surface area contributed by atoms with Gasteiger partial charge in [-0.05, 0) is 66.6 Å². The molecule has 0 saturated heterocycles. The van der Waals surface area contributed by atoms with Gasteiger partial charge in [0.05, 0.1) is 12.6 Å². The number of aliphatic hydroxyl groups is 1. The number of carbonyl (C=O) groups excluding carboxylic acids is 7. The van der Waals surface area contributed by atoms with E-state index in [4.69, 9.17) is 10.8 Å². The molecular formula is C45H68N8O10S. The van der Waals surface area contributed by atoms with E-state index in [0.717, 1.165) is 5.56 Å². The Labute approximate surface area is 380 Å². The van der Waals surface area contributed by atoms with E-state index in [9.17, 15) is 43.5 Å². The van der Waals surface area contributed by atoms with Crippen LogP contribution in [-0.2, 0) is 51.2 Å². The van der Waals surface area contributed by atoms with Crippen LogP contribution in [0.15, 0.2) is 60.7 Å². The zero-order valence-corrected chi connectivity index (χ0v) is 38.7. The number of nitrogens with one attached hydrogen (secondary N) is 7. The van der Waals surface area contributed by atoms with Crippen LogP contribution in [0.1, 0.15) is 71.9 Å². The van der Waals surface area contributed by atoms with Crippen molar-refractivity contribution < 1.29 is 48.6 Å². The van der Waals surface area contributed by atoms with Crippen molar-refractivity contribution in [2.45, 2.75) is 116 Å². The van der Waals surface area contributed by atoms with Crippen molar-refractivity contribution in [1.82, 2.24) is 37.2 Å². The molecule has 64 heavy (non-hydrogen) atoms. The molecule has 2 rings (SSSR count). The van der Waals surface area contributed by atoms with Crippen LogP contribution in [0.3, 0.4) is 0 Å². The van der Waals surface area contributed by atoms with Crippen LogP contribution in [0.25, 0.3) is 0 Å². The van der Waals surface area contributed by atoms with Gasteiger partial charge < -0.3 is 53.2 Å². The van der Waals surface area contributed by atoms with E-state index in [2.05, 4.69) is 37.2 Å². The van der Waals surface area contributed by atoms with Gasteiger partial charge in [0.15, 0.2) is 0 Å². The second-order valence-corrected chi connectivity index (χ2v) is 17.8. The standard InChI is InChI=1S/C45H68N8O10S/c1-26(2)20-33(42(60)52-36(25-54)40(58)47-24-37(55)56)50-43(61)35(23-30-16-12-9-13-17-30)51-41(59)32(18-19-64-7)48-45(63)38(28(5)6)53-44(62)34(21-27(3)4)49-39(57)31(46)22-29-14-10-8-11-15-29/h8-17,26-28,31-36,38,54H,18-25,46H2,1-7H3,(H,47,58)(H,48,63)(H,49,57)(H,50,61)(H,51,59)(H,52,60)(H,53,62)(H,55,56)/t31-,32+,33-,34-,35-,36-,38+/m0/s1. The maximum atomic E-state index is 14.2. The molecule has 0 aliphatic rings. The van der Waals surface area contributed by atoms with Gasteiger partial charge in [0, 0.05) is 6.42 Å². The van der Waals surface area contributed by atoms with E-state index in [-0.39, 0.29) is 43.9 Å². The van der Waals surface area contributed by atoms with Gasteiger partial charge in [0.25, 0.3) is 0 Å². The number of carboxylic acids is 1. The lowest BCUT2D eigenvalue weighted by molar-refractivity contribution is -0.139. The van der Waals surface area contributed by atoms with E-state index >= 15 is 0 Å². The van der Waals surface area contributed by atoms with Crippen LogP contribution in [0.5, 0.6) is 0 Å². The number of benzene rings is 2. The Hall–Kier alpha value is -5.53. The quantitative estimate of drug-likeness (QED) is 0.0556. The van der Waals surface area contributed by atoms with E-state index in [1.807, 2.05) is 50.4 Å². The molecule has 0 saturated carbocycles. The number of carboxylic acid groups (broad SMARTS) is 1. The average Bonchev–Trinajstić information content (AvgIpc) is 3.24. The molecule has 11 N–H and O–H groups in total. The molecular weight excluding hydrogens is 845 g/mol. The molecule has 0 bridgehead atoms. The van der Waals surface area contributed by atoms with Crippen molar-refractivity contribution in [3.05, 3.63) is 71.8 Å². The lowest BCUT2D eigenvalue weighted by atomic mass is 9.98. The van der Waals surface area contributed by atoms with Gasteiger partial charge in [0.2, 0.25) is 41.4 Å². The summed E-state index contributed by atoms with van der Waals surface area (Å²) < 4.78 is 0. The van der Waals surface area contributed by atoms with E-state index in [1.54, 1.807) is 58.0 Å². The molecule has 0 unspecified atom stereocenters. The number of aliphatic carboxylic acids is 1. The topological polar surface area (TPSA) is 287 Å². The molecule has 0 spiro atoms. The maximum absolute atomic E-state index is 14.2. The van der Waals surface area contributed by atoms with Crippen LogP contribution < -0.4 is 43.0 Å². The highest BCUT2D eigenvalue weighted by Gasteiger charge is 2.35. The van der Waals surface area contributed by atoms with Crippen LogP contribution >= 0.6 is 11.8 Å². The van der Waals surface area contributed by atoms with Crippen molar-refractivity contribution in [1.29, 1.82) is 0 Å². The van der Waals surface area contributed by atoms with Gasteiger partial charge in [-0.15, -0.1) is 0 Å². The molecule has 7 atom stereocenters. The lowest BCUT2D eigenvalue weighted by Crippen LogP contribution is -2.61. The van der Waals surface area contributed by atoms with Gasteiger partial charge in [-0.1, -0.05) is 102 Å². The van der Waals surface area contributed by atoms with Gasteiger partial charge in [-0.2, -0.15) is 11.8 Å². The highest BCUT2D eigenvalue weighted by Crippen LogP contribution is 2.13. The molecule has 0 fully saturated rings. The summed E-state index contributed by atoms with van der Waals surface area (Å²) in [5.41, 5.74) is 7.74. The Morgan fingerprint density at radius 3 is 1.48 bits per heavy atom. The van der Waals surface area contributed by atoms with Crippen LogP contribution in [0, 0.1) is 17.8 Å². The SMILES string of the molecule is CSCC[C@@H](NC(=O)[C@H](NC(=O)[C@H](CC(C)C)NC(=O)[C@@H](N)Cc1ccccc1)C(C)C)C(=O)N[C@@H](Cc1ccccc1)C(=O)N[C@@H](CC(C)C)C(=O)N[C@@H](CO)C(=O)NCC(=O)O. The number of thioether (sulfide) groups is 1. The average molecular weight is 913 g/mol. The van der Waals surface area contributed by atoms with Gasteiger partial charge >= 0.3 is 5.97 Å². The zero-order valence-electron chi connectivity index (χ0n) is 37.8. The van der Waals surface area contributed by atoms with E-state index in [0.29, 0.717) is 11.3 Å². The van der Waals surface area contributed by atoms with Crippen LogP contribution in [-0.4, -0.2) is 125 Å². The summed E-state index contributed by atoms with van der Waals surface area (Å²) in [7, 11) is 0. The molecule has 0 aliphatic carbocycles. The highest BCUT2D eigenvalue weighted by molar-refractivity contribution is 7.98. The number of amides is 7. The van der Waals surface area contributed by atoms with Crippen molar-refractivity contribution >= 4 is 59.1 Å². The van der Waals surface area contributed by atoms with E-state index < -0.39 is 109 Å². The van der Waals surface area contributed by atoms with Crippen molar-refractivity contribution in [3.8, 4) is 0 Å². The van der Waals surface area contributed by atoms with Crippen molar-refractivity contribution in [3.63, 3.8) is 0 Å². The maximum Gasteiger partial charge on any atom is 0.322 e. The molecule has 19 heteroatoms. The first-order chi connectivity index (χ1) is 30.2. The third-order valence-corrected chi connectivity index (χ3v) is 10.6. The summed E-state index contributed by atoms with van der Waals surface area (Å²) in [6, 6.07) is 9.75. The Kier molecular flexibility index (Phi) is 24.1. The summed E-state index contributed by atoms with van der Waals surface area (Å²) in [6.07, 6.45) is 2.56. The minimum absolute atomic E-state index is 0.0159. The number of hydrogen-bond donors (Lipinski definition) is 10. The van der Waals surface area contributed by atoms with Gasteiger partial charge in [0.1, 0.15) is 42.8 Å². The largest absolute Gasteiger partial charge is 0.480 e. The molecule has 2 aromatic carbocycles. The molecule has 7 amide bonds. The number of nitrogens with two attached hydrogens (primary N) is 1. The summed E-state index contributed by atoms with van der Waals surface area (Å²) in [6.45, 7) is 9.24. The second kappa shape index (κ2) is 28.3. The fourth-order valence-corrected chi connectivity index (χ4v) is 7.03. The molecule has 2 aromatic rings. The highest BCUT2D eigenvalue weighted by atomic mass is 32.2. The molecule has 0 heterocycles.